The fourth-order valence-corrected chi connectivity index (χ4v) is 3.16. The summed E-state index contributed by atoms with van der Waals surface area (Å²) in [6.45, 7) is 0.957. The van der Waals surface area contributed by atoms with E-state index >= 15 is 0 Å². The zero-order valence-electron chi connectivity index (χ0n) is 13.0. The van der Waals surface area contributed by atoms with Gasteiger partial charge in [-0.05, 0) is 49.2 Å². The van der Waals surface area contributed by atoms with Gasteiger partial charge in [0.1, 0.15) is 11.3 Å². The minimum atomic E-state index is -0.427. The lowest BCUT2D eigenvalue weighted by Crippen LogP contribution is -2.15. The Labute approximate surface area is 138 Å². The van der Waals surface area contributed by atoms with E-state index in [2.05, 4.69) is 20.6 Å². The molecule has 1 aliphatic rings. The predicted octanol–water partition coefficient (Wildman–Crippen LogP) is 3.38. The van der Waals surface area contributed by atoms with E-state index in [0.29, 0.717) is 11.1 Å². The third kappa shape index (κ3) is 2.65. The van der Waals surface area contributed by atoms with Crippen molar-refractivity contribution in [2.24, 2.45) is 0 Å². The van der Waals surface area contributed by atoms with Crippen molar-refractivity contribution < 1.29 is 9.18 Å². The van der Waals surface area contributed by atoms with Crippen molar-refractivity contribution in [1.82, 2.24) is 15.3 Å². The van der Waals surface area contributed by atoms with E-state index in [1.165, 1.54) is 12.4 Å². The summed E-state index contributed by atoms with van der Waals surface area (Å²) >= 11 is 0. The van der Waals surface area contributed by atoms with Gasteiger partial charge in [0, 0.05) is 6.04 Å². The Morgan fingerprint density at radius 2 is 2.21 bits per heavy atom. The van der Waals surface area contributed by atoms with Gasteiger partial charge in [-0.25, -0.2) is 9.37 Å². The minimum absolute atomic E-state index is 0.175. The summed E-state index contributed by atoms with van der Waals surface area (Å²) in [5.41, 5.74) is 2.84. The molecule has 0 aliphatic carbocycles. The molecule has 1 saturated heterocycles. The molecule has 0 spiro atoms. The molecule has 2 heterocycles. The van der Waals surface area contributed by atoms with Crippen molar-refractivity contribution in [3.8, 4) is 0 Å². The Hall–Kier alpha value is -2.73. The molecule has 1 unspecified atom stereocenters. The number of amides is 1. The van der Waals surface area contributed by atoms with Crippen molar-refractivity contribution in [3.05, 3.63) is 59.7 Å². The molecule has 0 bridgehead atoms. The molecule has 4 rings (SSSR count). The molecule has 1 amide bonds. The summed E-state index contributed by atoms with van der Waals surface area (Å²) in [6.07, 6.45) is 3.64. The van der Waals surface area contributed by atoms with Crippen LogP contribution in [0.4, 0.5) is 10.1 Å². The van der Waals surface area contributed by atoms with Gasteiger partial charge in [0.25, 0.3) is 5.91 Å². The first-order chi connectivity index (χ1) is 11.7. The topological polar surface area (TPSA) is 69.8 Å². The van der Waals surface area contributed by atoms with Crippen LogP contribution in [-0.2, 0) is 0 Å². The van der Waals surface area contributed by atoms with Gasteiger partial charge in [-0.2, -0.15) is 0 Å². The second kappa shape index (κ2) is 6.05. The van der Waals surface area contributed by atoms with Crippen LogP contribution in [0.15, 0.2) is 42.7 Å². The highest BCUT2D eigenvalue weighted by Gasteiger charge is 2.18. The summed E-state index contributed by atoms with van der Waals surface area (Å²) in [4.78, 5) is 19.6. The third-order valence-electron chi connectivity index (χ3n) is 4.40. The van der Waals surface area contributed by atoms with Crippen LogP contribution >= 0.6 is 0 Å². The lowest BCUT2D eigenvalue weighted by Gasteiger charge is -2.13. The predicted molar refractivity (Wildman–Crippen MR) is 90.4 cm³/mol. The number of H-pyrrole nitrogens is 1. The van der Waals surface area contributed by atoms with E-state index in [9.17, 15) is 9.18 Å². The Morgan fingerprint density at radius 1 is 1.29 bits per heavy atom. The number of nitrogens with one attached hydrogen (secondary N) is 3. The standard InChI is InChI=1S/C18H17FN4O/c19-13-9-11(14-5-2-8-20-14)6-7-15(13)23-18(24)12-3-1-4-16-17(12)22-10-21-16/h1,3-4,6-7,9-10,14,20H,2,5,8H2,(H,21,22)(H,23,24). The van der Waals surface area contributed by atoms with Gasteiger partial charge in [0.15, 0.2) is 0 Å². The van der Waals surface area contributed by atoms with Gasteiger partial charge in [0.2, 0.25) is 0 Å². The van der Waals surface area contributed by atoms with Crippen LogP contribution in [0.25, 0.3) is 11.0 Å². The number of rotatable bonds is 3. The first-order valence-electron chi connectivity index (χ1n) is 7.98. The van der Waals surface area contributed by atoms with E-state index in [-0.39, 0.29) is 17.6 Å². The minimum Gasteiger partial charge on any atom is -0.345 e. The van der Waals surface area contributed by atoms with Crippen LogP contribution in [-0.4, -0.2) is 22.4 Å². The maximum Gasteiger partial charge on any atom is 0.258 e. The Kier molecular flexibility index (Phi) is 3.74. The Bertz CT molecular complexity index is 899. The van der Waals surface area contributed by atoms with E-state index in [1.54, 1.807) is 18.2 Å². The number of hydrogen-bond acceptors (Lipinski definition) is 3. The summed E-state index contributed by atoms with van der Waals surface area (Å²) in [5, 5.41) is 5.98. The van der Waals surface area contributed by atoms with Crippen LogP contribution in [0.5, 0.6) is 0 Å². The maximum atomic E-state index is 14.4. The number of imidazole rings is 1. The number of aromatic amines is 1. The van der Waals surface area contributed by atoms with Crippen LogP contribution in [0.1, 0.15) is 34.8 Å². The molecule has 24 heavy (non-hydrogen) atoms. The number of halogens is 1. The number of carbonyl (C=O) groups is 1. The first kappa shape index (κ1) is 14.8. The van der Waals surface area contributed by atoms with Gasteiger partial charge in [-0.3, -0.25) is 4.79 Å². The molecule has 0 saturated carbocycles. The van der Waals surface area contributed by atoms with Gasteiger partial charge in [-0.1, -0.05) is 12.1 Å². The maximum absolute atomic E-state index is 14.4. The normalized spacial score (nSPS) is 17.3. The quantitative estimate of drug-likeness (QED) is 0.692. The van der Waals surface area contributed by atoms with Crippen LogP contribution < -0.4 is 10.6 Å². The van der Waals surface area contributed by atoms with Crippen molar-refractivity contribution >= 4 is 22.6 Å². The average Bonchev–Trinajstić information content (AvgIpc) is 3.27. The molecule has 3 aromatic rings. The van der Waals surface area contributed by atoms with E-state index in [4.69, 9.17) is 0 Å². The molecule has 2 aromatic carbocycles. The van der Waals surface area contributed by atoms with Crippen molar-refractivity contribution in [2.75, 3.05) is 11.9 Å². The number of fused-ring (bicyclic) bond motifs is 1. The fourth-order valence-electron chi connectivity index (χ4n) is 3.16. The number of nitrogens with zero attached hydrogens (tertiary/aromatic N) is 1. The second-order valence-corrected chi connectivity index (χ2v) is 5.95. The molecular formula is C18H17FN4O. The molecule has 0 radical (unpaired) electrons. The highest BCUT2D eigenvalue weighted by atomic mass is 19.1. The van der Waals surface area contributed by atoms with Gasteiger partial charge < -0.3 is 15.6 Å². The highest BCUT2D eigenvalue weighted by Crippen LogP contribution is 2.26. The first-order valence-corrected chi connectivity index (χ1v) is 7.98. The molecule has 1 aliphatic heterocycles. The van der Waals surface area contributed by atoms with Gasteiger partial charge in [0.05, 0.1) is 23.1 Å². The molecule has 1 aromatic heterocycles. The summed E-state index contributed by atoms with van der Waals surface area (Å²) in [6, 6.07) is 10.4. The molecule has 122 valence electrons. The highest BCUT2D eigenvalue weighted by molar-refractivity contribution is 6.11. The second-order valence-electron chi connectivity index (χ2n) is 5.95. The zero-order valence-corrected chi connectivity index (χ0v) is 13.0. The third-order valence-corrected chi connectivity index (χ3v) is 4.40. The van der Waals surface area contributed by atoms with E-state index in [0.717, 1.165) is 30.5 Å². The number of anilines is 1. The van der Waals surface area contributed by atoms with Crippen molar-refractivity contribution in [3.63, 3.8) is 0 Å². The largest absolute Gasteiger partial charge is 0.345 e. The molecule has 1 atom stereocenters. The van der Waals surface area contributed by atoms with Crippen molar-refractivity contribution in [1.29, 1.82) is 0 Å². The molecule has 5 nitrogen and oxygen atoms in total. The van der Waals surface area contributed by atoms with E-state index < -0.39 is 5.82 Å². The van der Waals surface area contributed by atoms with Crippen LogP contribution in [0.2, 0.25) is 0 Å². The Balaban J connectivity index is 1.58. The van der Waals surface area contributed by atoms with Gasteiger partial charge >= 0.3 is 0 Å². The van der Waals surface area contributed by atoms with Gasteiger partial charge in [-0.15, -0.1) is 0 Å². The Morgan fingerprint density at radius 3 is 3.00 bits per heavy atom. The lowest BCUT2D eigenvalue weighted by molar-refractivity contribution is 0.102. The number of hydrogen-bond donors (Lipinski definition) is 3. The van der Waals surface area contributed by atoms with E-state index in [1.807, 2.05) is 12.1 Å². The number of benzene rings is 2. The summed E-state index contributed by atoms with van der Waals surface area (Å²) < 4.78 is 14.4. The smallest absolute Gasteiger partial charge is 0.258 e. The monoisotopic (exact) mass is 324 g/mol. The summed E-state index contributed by atoms with van der Waals surface area (Å²) in [7, 11) is 0. The molecule has 3 N–H and O–H groups in total. The molecule has 6 heteroatoms. The average molecular weight is 324 g/mol. The number of carbonyl (C=O) groups excluding carboxylic acids is 1. The molecular weight excluding hydrogens is 307 g/mol. The number of para-hydroxylation sites is 1. The van der Waals surface area contributed by atoms with Crippen molar-refractivity contribution in [2.45, 2.75) is 18.9 Å². The summed E-state index contributed by atoms with van der Waals surface area (Å²) in [5.74, 6) is -0.804. The number of aromatic nitrogens is 2. The fraction of sp³-hybridized carbons (Fsp3) is 0.222. The zero-order chi connectivity index (χ0) is 16.5. The van der Waals surface area contributed by atoms with Crippen LogP contribution in [0.3, 0.4) is 0 Å². The lowest BCUT2D eigenvalue weighted by atomic mass is 10.0. The van der Waals surface area contributed by atoms with Crippen LogP contribution in [0, 0.1) is 5.82 Å². The molecule has 1 fully saturated rings. The SMILES string of the molecule is O=C(Nc1ccc(C2CCCN2)cc1F)c1cccc2[nH]cnc12.